The topological polar surface area (TPSA) is 138 Å². The molecule has 3 aromatic rings. The number of likely N-dealkylation sites (N-methyl/N-ethyl adjacent to an activating group) is 1. The van der Waals surface area contributed by atoms with Crippen molar-refractivity contribution in [2.24, 2.45) is 5.92 Å². The molecule has 0 spiro atoms. The molecule has 1 aliphatic carbocycles. The van der Waals surface area contributed by atoms with Gasteiger partial charge in [0.2, 0.25) is 17.5 Å². The Bertz CT molecular complexity index is 1740. The van der Waals surface area contributed by atoms with Crippen LogP contribution in [-0.4, -0.2) is 97.2 Å². The molecule has 1 aromatic heterocycles. The first kappa shape index (κ1) is 27.5. The SMILES string of the molecule is CN1C[C@H](C(=O)N[C@]2(C)O[C@@]3(O)[C@@H]4CCC(O)N4C(=O)[C@H](Cc4ccccc4)N3C2=O)C=C2c3cccc4[nH]cc(c34)C[C@H]21. The maximum atomic E-state index is 14.2. The zero-order valence-electron chi connectivity index (χ0n) is 24.6. The average Bonchev–Trinajstić information content (AvgIpc) is 3.66. The smallest absolute Gasteiger partial charge is 0.280 e. The van der Waals surface area contributed by atoms with Crippen molar-refractivity contribution in [3.63, 3.8) is 0 Å². The van der Waals surface area contributed by atoms with Crippen molar-refractivity contribution < 1.29 is 29.3 Å². The number of rotatable bonds is 4. The molecule has 4 aliphatic heterocycles. The summed E-state index contributed by atoms with van der Waals surface area (Å²) in [5, 5.41) is 26.7. The van der Waals surface area contributed by atoms with E-state index in [1.54, 1.807) is 0 Å². The molecule has 0 radical (unpaired) electrons. The third-order valence-corrected chi connectivity index (χ3v) is 10.2. The molecule has 11 nitrogen and oxygen atoms in total. The maximum Gasteiger partial charge on any atom is 0.280 e. The van der Waals surface area contributed by atoms with Gasteiger partial charge in [0.05, 0.1) is 5.92 Å². The number of aliphatic hydroxyl groups excluding tert-OH is 1. The second-order valence-corrected chi connectivity index (χ2v) is 12.9. The minimum atomic E-state index is -2.22. The summed E-state index contributed by atoms with van der Waals surface area (Å²) < 4.78 is 6.17. The van der Waals surface area contributed by atoms with Crippen molar-refractivity contribution in [1.82, 2.24) is 25.0 Å². The van der Waals surface area contributed by atoms with Gasteiger partial charge in [0.15, 0.2) is 0 Å². The number of nitrogens with zero attached hydrogens (tertiary/aromatic N) is 3. The molecule has 3 saturated heterocycles. The Labute approximate surface area is 254 Å². The van der Waals surface area contributed by atoms with Crippen LogP contribution in [0.25, 0.3) is 16.5 Å². The van der Waals surface area contributed by atoms with Gasteiger partial charge < -0.3 is 25.4 Å². The summed E-state index contributed by atoms with van der Waals surface area (Å²) in [6, 6.07) is 13.3. The van der Waals surface area contributed by atoms with Gasteiger partial charge in [-0.25, -0.2) is 0 Å². The normalized spacial score (nSPS) is 34.5. The first-order valence-electron chi connectivity index (χ1n) is 15.2. The number of carbonyl (C=O) groups excluding carboxylic acids is 3. The number of amides is 3. The molecule has 3 amide bonds. The van der Waals surface area contributed by atoms with Gasteiger partial charge in [-0.1, -0.05) is 48.5 Å². The van der Waals surface area contributed by atoms with E-state index in [4.69, 9.17) is 4.74 Å². The average molecular weight is 598 g/mol. The molecule has 8 rings (SSSR count). The van der Waals surface area contributed by atoms with Gasteiger partial charge in [-0.2, -0.15) is 0 Å². The molecule has 2 aromatic carbocycles. The van der Waals surface area contributed by atoms with E-state index in [0.717, 1.165) is 33.5 Å². The number of hydrogen-bond donors (Lipinski definition) is 4. The number of aromatic amines is 1. The Kier molecular flexibility index (Phi) is 5.93. The summed E-state index contributed by atoms with van der Waals surface area (Å²) in [7, 11) is 2.00. The second-order valence-electron chi connectivity index (χ2n) is 12.9. The lowest BCUT2D eigenvalue weighted by molar-refractivity contribution is -0.319. The lowest BCUT2D eigenvalue weighted by Crippen LogP contribution is -2.72. The van der Waals surface area contributed by atoms with Gasteiger partial charge in [-0.05, 0) is 61.6 Å². The summed E-state index contributed by atoms with van der Waals surface area (Å²) >= 11 is 0. The number of aliphatic hydroxyl groups is 2. The molecule has 0 bridgehead atoms. The highest BCUT2D eigenvalue weighted by Gasteiger charge is 2.71. The minimum absolute atomic E-state index is 0.116. The third kappa shape index (κ3) is 3.79. The highest BCUT2D eigenvalue weighted by molar-refractivity contribution is 6.01. The fraction of sp³-hybridized carbons (Fsp3) is 0.424. The largest absolute Gasteiger partial charge is 0.374 e. The second kappa shape index (κ2) is 9.48. The number of aromatic nitrogens is 1. The van der Waals surface area contributed by atoms with Crippen molar-refractivity contribution in [3.05, 3.63) is 77.5 Å². The molecular weight excluding hydrogens is 562 g/mol. The van der Waals surface area contributed by atoms with E-state index >= 15 is 0 Å². The third-order valence-electron chi connectivity index (χ3n) is 10.2. The number of piperazine rings is 1. The summed E-state index contributed by atoms with van der Waals surface area (Å²) in [6.07, 6.45) is 4.37. The number of fused-ring (bicyclic) bond motifs is 5. The predicted octanol–water partition coefficient (Wildman–Crippen LogP) is 1.31. The molecule has 44 heavy (non-hydrogen) atoms. The van der Waals surface area contributed by atoms with E-state index in [2.05, 4.69) is 27.5 Å². The van der Waals surface area contributed by atoms with Crippen LogP contribution in [0.2, 0.25) is 0 Å². The van der Waals surface area contributed by atoms with E-state index in [1.165, 1.54) is 22.8 Å². The Morgan fingerprint density at radius 3 is 2.73 bits per heavy atom. The Morgan fingerprint density at radius 1 is 1.14 bits per heavy atom. The number of nitrogens with one attached hydrogen (secondary N) is 2. The number of carbonyl (C=O) groups is 3. The van der Waals surface area contributed by atoms with Crippen molar-refractivity contribution in [1.29, 1.82) is 0 Å². The van der Waals surface area contributed by atoms with Crippen LogP contribution in [0.1, 0.15) is 36.5 Å². The van der Waals surface area contributed by atoms with E-state index in [0.29, 0.717) is 6.54 Å². The first-order valence-corrected chi connectivity index (χ1v) is 15.2. The van der Waals surface area contributed by atoms with Crippen LogP contribution in [0, 0.1) is 5.92 Å². The first-order chi connectivity index (χ1) is 21.1. The van der Waals surface area contributed by atoms with Crippen LogP contribution in [0.15, 0.2) is 60.8 Å². The number of H-pyrrole nitrogens is 1. The van der Waals surface area contributed by atoms with Gasteiger partial charge in [0, 0.05) is 36.1 Å². The predicted molar refractivity (Wildman–Crippen MR) is 159 cm³/mol. The van der Waals surface area contributed by atoms with Gasteiger partial charge in [0.1, 0.15) is 18.3 Å². The number of ether oxygens (including phenoxy) is 1. The molecule has 7 atom stereocenters. The van der Waals surface area contributed by atoms with Crippen LogP contribution in [0.4, 0.5) is 0 Å². The quantitative estimate of drug-likeness (QED) is 0.356. The summed E-state index contributed by atoms with van der Waals surface area (Å²) in [5.41, 5.74) is 3.32. The zero-order chi connectivity index (χ0) is 30.5. The van der Waals surface area contributed by atoms with E-state index < -0.39 is 53.6 Å². The van der Waals surface area contributed by atoms with Crippen molar-refractivity contribution in [2.45, 2.75) is 68.6 Å². The van der Waals surface area contributed by atoms with Gasteiger partial charge >= 0.3 is 0 Å². The fourth-order valence-electron chi connectivity index (χ4n) is 8.14. The Balaban J connectivity index is 1.12. The Hall–Kier alpha value is -4.03. The van der Waals surface area contributed by atoms with Gasteiger partial charge in [-0.15, -0.1) is 0 Å². The van der Waals surface area contributed by atoms with E-state index in [9.17, 15) is 24.6 Å². The summed E-state index contributed by atoms with van der Waals surface area (Å²) in [4.78, 5) is 49.7. The van der Waals surface area contributed by atoms with Crippen LogP contribution in [0.5, 0.6) is 0 Å². The molecule has 11 heteroatoms. The standard InChI is InChI=1S/C33H35N5O6/c1-32(35-29(40)20-14-22-21-9-6-10-23-28(21)19(16-34-23)15-24(22)36(2)17-20)31(42)38-25(13-18-7-4-3-5-8-18)30(41)37-26(11-12-27(37)39)33(38,43)44-32/h3-10,14,16,20,24-27,34,39,43H,11-13,15,17H2,1-2H3,(H,35,40)/t20-,24-,25+,26+,27?,32-,33+/m1/s1. The van der Waals surface area contributed by atoms with Crippen LogP contribution in [-0.2, 0) is 32.0 Å². The summed E-state index contributed by atoms with van der Waals surface area (Å²) in [5.74, 6) is -4.38. The van der Waals surface area contributed by atoms with Crippen molar-refractivity contribution in [3.8, 4) is 0 Å². The lowest BCUT2D eigenvalue weighted by Gasteiger charge is -2.49. The van der Waals surface area contributed by atoms with Gasteiger partial charge in [-0.3, -0.25) is 28.9 Å². The van der Waals surface area contributed by atoms with Gasteiger partial charge in [0.25, 0.3) is 11.8 Å². The molecule has 5 heterocycles. The van der Waals surface area contributed by atoms with Crippen LogP contribution in [0.3, 0.4) is 0 Å². The van der Waals surface area contributed by atoms with E-state index in [-0.39, 0.29) is 25.3 Å². The van der Waals surface area contributed by atoms with E-state index in [1.807, 2.05) is 55.6 Å². The fourth-order valence-corrected chi connectivity index (χ4v) is 8.14. The number of hydrogen-bond acceptors (Lipinski definition) is 7. The molecule has 5 aliphatic rings. The summed E-state index contributed by atoms with van der Waals surface area (Å²) in [6.45, 7) is 1.87. The number of benzene rings is 2. The minimum Gasteiger partial charge on any atom is -0.374 e. The van der Waals surface area contributed by atoms with Crippen molar-refractivity contribution in [2.75, 3.05) is 13.6 Å². The molecular formula is C33H35N5O6. The molecule has 1 unspecified atom stereocenters. The molecule has 0 saturated carbocycles. The maximum absolute atomic E-state index is 14.2. The zero-order valence-corrected chi connectivity index (χ0v) is 24.6. The lowest BCUT2D eigenvalue weighted by atomic mass is 9.79. The highest BCUT2D eigenvalue weighted by Crippen LogP contribution is 2.47. The van der Waals surface area contributed by atoms with Crippen LogP contribution < -0.4 is 5.32 Å². The molecule has 4 N–H and O–H groups in total. The van der Waals surface area contributed by atoms with Crippen molar-refractivity contribution >= 4 is 34.2 Å². The Morgan fingerprint density at radius 2 is 1.93 bits per heavy atom. The monoisotopic (exact) mass is 597 g/mol. The highest BCUT2D eigenvalue weighted by atomic mass is 16.7. The van der Waals surface area contributed by atoms with Crippen LogP contribution >= 0.6 is 0 Å². The molecule has 3 fully saturated rings. The molecule has 228 valence electrons.